The zero-order chi connectivity index (χ0) is 10.7. The van der Waals surface area contributed by atoms with Gasteiger partial charge in [-0.15, -0.1) is 0 Å². The summed E-state index contributed by atoms with van der Waals surface area (Å²) >= 11 is 2.16. The van der Waals surface area contributed by atoms with Crippen molar-refractivity contribution in [1.82, 2.24) is 4.98 Å². The summed E-state index contributed by atoms with van der Waals surface area (Å²) < 4.78 is 0.980. The number of pyridine rings is 1. The molecule has 0 saturated carbocycles. The van der Waals surface area contributed by atoms with Crippen LogP contribution in [-0.4, -0.2) is 4.98 Å². The topological polar surface area (TPSA) is 36.7 Å². The Morgan fingerprint density at radius 2 is 1.80 bits per heavy atom. The molecule has 0 aliphatic rings. The number of hydrogen-bond acceptors (Lipinski definition) is 2. The van der Waals surface area contributed by atoms with E-state index in [0.717, 1.165) is 14.7 Å². The molecule has 3 heteroatoms. The standard InChI is InChI=1S/C12H7IN2/c13-12-2-1-10(7-11(12)8-14)9-3-5-15-6-4-9/h1-7H. The Kier molecular flexibility index (Phi) is 2.97. The molecule has 1 heterocycles. The van der Waals surface area contributed by atoms with Crippen LogP contribution in [0.3, 0.4) is 0 Å². The van der Waals surface area contributed by atoms with Crippen molar-refractivity contribution in [1.29, 1.82) is 5.26 Å². The van der Waals surface area contributed by atoms with E-state index >= 15 is 0 Å². The fourth-order valence-electron chi connectivity index (χ4n) is 1.33. The molecule has 0 aliphatic carbocycles. The summed E-state index contributed by atoms with van der Waals surface area (Å²) in [5.41, 5.74) is 2.84. The van der Waals surface area contributed by atoms with Crippen LogP contribution in [0, 0.1) is 14.9 Å². The molecule has 0 spiro atoms. The van der Waals surface area contributed by atoms with Gasteiger partial charge in [0.05, 0.1) is 5.56 Å². The average molecular weight is 306 g/mol. The molecule has 2 rings (SSSR count). The van der Waals surface area contributed by atoms with Crippen molar-refractivity contribution in [2.45, 2.75) is 0 Å². The lowest BCUT2D eigenvalue weighted by Crippen LogP contribution is -1.84. The normalized spacial score (nSPS) is 9.60. The van der Waals surface area contributed by atoms with Gasteiger partial charge in [-0.1, -0.05) is 6.07 Å². The van der Waals surface area contributed by atoms with Crippen LogP contribution in [0.25, 0.3) is 11.1 Å². The van der Waals surface area contributed by atoms with E-state index in [9.17, 15) is 0 Å². The lowest BCUT2D eigenvalue weighted by Gasteiger charge is -2.02. The van der Waals surface area contributed by atoms with Gasteiger partial charge in [-0.2, -0.15) is 5.26 Å². The SMILES string of the molecule is N#Cc1cc(-c2ccncc2)ccc1I. The molecule has 72 valence electrons. The average Bonchev–Trinajstić information content (AvgIpc) is 2.31. The highest BCUT2D eigenvalue weighted by Gasteiger charge is 2.02. The third kappa shape index (κ3) is 2.16. The van der Waals surface area contributed by atoms with Gasteiger partial charge >= 0.3 is 0 Å². The van der Waals surface area contributed by atoms with E-state index < -0.39 is 0 Å². The minimum absolute atomic E-state index is 0.713. The molecule has 15 heavy (non-hydrogen) atoms. The van der Waals surface area contributed by atoms with Gasteiger partial charge in [0.25, 0.3) is 0 Å². The van der Waals surface area contributed by atoms with Crippen molar-refractivity contribution in [3.63, 3.8) is 0 Å². The third-order valence-electron chi connectivity index (χ3n) is 2.10. The Bertz CT molecular complexity index is 515. The second kappa shape index (κ2) is 4.41. The fraction of sp³-hybridized carbons (Fsp3) is 0. The number of nitriles is 1. The van der Waals surface area contributed by atoms with Crippen LogP contribution in [0.4, 0.5) is 0 Å². The number of rotatable bonds is 1. The fourth-order valence-corrected chi connectivity index (χ4v) is 1.79. The van der Waals surface area contributed by atoms with Gasteiger partial charge in [0.15, 0.2) is 0 Å². The van der Waals surface area contributed by atoms with Crippen molar-refractivity contribution < 1.29 is 0 Å². The van der Waals surface area contributed by atoms with Crippen molar-refractivity contribution >= 4 is 22.6 Å². The Morgan fingerprint density at radius 1 is 1.07 bits per heavy atom. The summed E-state index contributed by atoms with van der Waals surface area (Å²) in [4.78, 5) is 3.96. The van der Waals surface area contributed by atoms with E-state index in [-0.39, 0.29) is 0 Å². The summed E-state index contributed by atoms with van der Waals surface area (Å²) in [5.74, 6) is 0. The van der Waals surface area contributed by atoms with E-state index in [1.807, 2.05) is 30.3 Å². The number of halogens is 1. The highest BCUT2D eigenvalue weighted by molar-refractivity contribution is 14.1. The third-order valence-corrected chi connectivity index (χ3v) is 3.04. The molecule has 1 aromatic carbocycles. The zero-order valence-corrected chi connectivity index (χ0v) is 9.97. The van der Waals surface area contributed by atoms with E-state index in [1.54, 1.807) is 12.4 Å². The Balaban J connectivity index is 2.52. The first-order valence-electron chi connectivity index (χ1n) is 4.41. The Hall–Kier alpha value is -1.41. The molecule has 0 saturated heterocycles. The van der Waals surface area contributed by atoms with Gasteiger partial charge in [0, 0.05) is 16.0 Å². The van der Waals surface area contributed by atoms with Crippen LogP contribution in [0.5, 0.6) is 0 Å². The van der Waals surface area contributed by atoms with Crippen molar-refractivity contribution in [3.8, 4) is 17.2 Å². The molecule has 2 aromatic rings. The summed E-state index contributed by atoms with van der Waals surface area (Å²) in [6.45, 7) is 0. The summed E-state index contributed by atoms with van der Waals surface area (Å²) in [7, 11) is 0. The van der Waals surface area contributed by atoms with Gasteiger partial charge in [-0.25, -0.2) is 0 Å². The van der Waals surface area contributed by atoms with Gasteiger partial charge < -0.3 is 0 Å². The highest BCUT2D eigenvalue weighted by Crippen LogP contribution is 2.22. The first kappa shape index (κ1) is 10.1. The maximum absolute atomic E-state index is 8.92. The van der Waals surface area contributed by atoms with Crippen LogP contribution in [-0.2, 0) is 0 Å². The van der Waals surface area contributed by atoms with E-state index in [1.165, 1.54) is 0 Å². The maximum Gasteiger partial charge on any atom is 0.100 e. The molecule has 0 amide bonds. The summed E-state index contributed by atoms with van der Waals surface area (Å²) in [5, 5.41) is 8.92. The van der Waals surface area contributed by atoms with Crippen LogP contribution in [0.1, 0.15) is 5.56 Å². The van der Waals surface area contributed by atoms with Gasteiger partial charge in [-0.05, 0) is 58.0 Å². The second-order valence-electron chi connectivity index (χ2n) is 3.04. The van der Waals surface area contributed by atoms with E-state index in [2.05, 4.69) is 33.6 Å². The maximum atomic E-state index is 8.92. The lowest BCUT2D eigenvalue weighted by molar-refractivity contribution is 1.33. The lowest BCUT2D eigenvalue weighted by atomic mass is 10.1. The summed E-state index contributed by atoms with van der Waals surface area (Å²) in [6, 6.07) is 11.9. The number of hydrogen-bond donors (Lipinski definition) is 0. The first-order chi connectivity index (χ1) is 7.31. The molecule has 0 radical (unpaired) electrons. The quantitative estimate of drug-likeness (QED) is 0.759. The summed E-state index contributed by atoms with van der Waals surface area (Å²) in [6.07, 6.45) is 3.50. The van der Waals surface area contributed by atoms with E-state index in [4.69, 9.17) is 5.26 Å². The number of aromatic nitrogens is 1. The Morgan fingerprint density at radius 3 is 2.47 bits per heavy atom. The molecule has 0 atom stereocenters. The Labute approximate surface area is 102 Å². The van der Waals surface area contributed by atoms with Crippen molar-refractivity contribution in [2.24, 2.45) is 0 Å². The number of nitrogens with zero attached hydrogens (tertiary/aromatic N) is 2. The first-order valence-corrected chi connectivity index (χ1v) is 5.49. The zero-order valence-electron chi connectivity index (χ0n) is 7.81. The minimum atomic E-state index is 0.713. The van der Waals surface area contributed by atoms with Crippen molar-refractivity contribution in [2.75, 3.05) is 0 Å². The van der Waals surface area contributed by atoms with Crippen LogP contribution < -0.4 is 0 Å². The molecule has 1 aromatic heterocycles. The predicted octanol–water partition coefficient (Wildman–Crippen LogP) is 3.22. The van der Waals surface area contributed by atoms with Crippen molar-refractivity contribution in [3.05, 3.63) is 51.9 Å². The smallest absolute Gasteiger partial charge is 0.100 e. The monoisotopic (exact) mass is 306 g/mol. The molecule has 0 bridgehead atoms. The molecule has 0 fully saturated rings. The van der Waals surface area contributed by atoms with E-state index in [0.29, 0.717) is 5.56 Å². The number of benzene rings is 1. The highest BCUT2D eigenvalue weighted by atomic mass is 127. The molecule has 2 nitrogen and oxygen atoms in total. The molecule has 0 N–H and O–H groups in total. The molecular formula is C12H7IN2. The molecule has 0 aliphatic heterocycles. The minimum Gasteiger partial charge on any atom is -0.265 e. The van der Waals surface area contributed by atoms with Gasteiger partial charge in [0.1, 0.15) is 6.07 Å². The van der Waals surface area contributed by atoms with Crippen LogP contribution >= 0.6 is 22.6 Å². The van der Waals surface area contributed by atoms with Gasteiger partial charge in [0.2, 0.25) is 0 Å². The largest absolute Gasteiger partial charge is 0.265 e. The molecular weight excluding hydrogens is 299 g/mol. The predicted molar refractivity (Wildman–Crippen MR) is 67.1 cm³/mol. The van der Waals surface area contributed by atoms with Crippen LogP contribution in [0.15, 0.2) is 42.7 Å². The van der Waals surface area contributed by atoms with Gasteiger partial charge in [-0.3, -0.25) is 4.98 Å². The second-order valence-corrected chi connectivity index (χ2v) is 4.20. The van der Waals surface area contributed by atoms with Crippen LogP contribution in [0.2, 0.25) is 0 Å². The molecule has 0 unspecified atom stereocenters.